The molecule has 3 heterocycles. The first-order valence-electron chi connectivity index (χ1n) is 19.5. The SMILES string of the molecule is CC(C)(C)OC(=O)COCCCCCCCCNC(=O)c1ccc(-n2cc(NC(=O)c3coc(-c4ccnc(N(CC(F)(F)F)C(=O)OC(C)(C)C)c4)n3)c(C(N)=O)n2)cc1. The summed E-state index contributed by atoms with van der Waals surface area (Å²) < 4.78 is 62.7. The van der Waals surface area contributed by atoms with E-state index in [9.17, 15) is 37.1 Å². The first kappa shape index (κ1) is 47.4. The second kappa shape index (κ2) is 20.8. The Balaban J connectivity index is 1.29. The van der Waals surface area contributed by atoms with E-state index in [2.05, 4.69) is 25.7 Å². The molecule has 0 unspecified atom stereocenters. The van der Waals surface area contributed by atoms with E-state index in [1.54, 1.807) is 45.0 Å². The Hall–Kier alpha value is -6.31. The van der Waals surface area contributed by atoms with Crippen molar-refractivity contribution in [3.05, 3.63) is 72.0 Å². The average Bonchev–Trinajstić information content (AvgIpc) is 3.83. The summed E-state index contributed by atoms with van der Waals surface area (Å²) >= 11 is 0. The molecule has 17 nitrogen and oxygen atoms in total. The number of rotatable bonds is 19. The summed E-state index contributed by atoms with van der Waals surface area (Å²) in [4.78, 5) is 71.0. The van der Waals surface area contributed by atoms with E-state index in [0.717, 1.165) is 57.1 Å². The Labute approximate surface area is 350 Å². The maximum Gasteiger partial charge on any atom is 0.416 e. The zero-order valence-corrected chi connectivity index (χ0v) is 34.9. The van der Waals surface area contributed by atoms with Crippen LogP contribution in [0.25, 0.3) is 17.1 Å². The van der Waals surface area contributed by atoms with Crippen molar-refractivity contribution in [1.82, 2.24) is 25.1 Å². The minimum absolute atomic E-state index is 0.0570. The smallest absolute Gasteiger partial charge is 0.416 e. The van der Waals surface area contributed by atoms with E-state index in [0.29, 0.717) is 29.3 Å². The lowest BCUT2D eigenvalue weighted by atomic mass is 10.1. The van der Waals surface area contributed by atoms with Crippen molar-refractivity contribution in [3.63, 3.8) is 0 Å². The molecule has 0 radical (unpaired) electrons. The molecule has 1 aromatic carbocycles. The van der Waals surface area contributed by atoms with E-state index >= 15 is 0 Å². The average molecular weight is 857 g/mol. The second-order valence-corrected chi connectivity index (χ2v) is 15.8. The number of primary amides is 1. The maximum absolute atomic E-state index is 13.4. The van der Waals surface area contributed by atoms with Gasteiger partial charge in [-0.3, -0.25) is 19.3 Å². The third kappa shape index (κ3) is 15.7. The fourth-order valence-corrected chi connectivity index (χ4v) is 5.54. The Morgan fingerprint density at radius 1 is 0.869 bits per heavy atom. The van der Waals surface area contributed by atoms with Gasteiger partial charge >= 0.3 is 18.2 Å². The number of nitrogens with two attached hydrogens (primary N) is 1. The molecule has 0 fully saturated rings. The topological polar surface area (TPSA) is 223 Å². The Morgan fingerprint density at radius 2 is 1.52 bits per heavy atom. The predicted octanol–water partition coefficient (Wildman–Crippen LogP) is 7.01. The van der Waals surface area contributed by atoms with Crippen LogP contribution >= 0.6 is 0 Å². The van der Waals surface area contributed by atoms with Crippen LogP contribution < -0.4 is 21.3 Å². The van der Waals surface area contributed by atoms with Gasteiger partial charge in [0.15, 0.2) is 11.4 Å². The molecule has 330 valence electrons. The molecule has 0 aliphatic rings. The largest absolute Gasteiger partial charge is 0.458 e. The highest BCUT2D eigenvalue weighted by Gasteiger charge is 2.37. The zero-order valence-electron chi connectivity index (χ0n) is 34.9. The number of unbranched alkanes of at least 4 members (excludes halogenated alkanes) is 5. The van der Waals surface area contributed by atoms with Crippen LogP contribution in [0.3, 0.4) is 0 Å². The quantitative estimate of drug-likeness (QED) is 0.0640. The molecule has 0 bridgehead atoms. The molecule has 0 saturated carbocycles. The predicted molar refractivity (Wildman–Crippen MR) is 216 cm³/mol. The van der Waals surface area contributed by atoms with Gasteiger partial charge in [0.1, 0.15) is 36.4 Å². The van der Waals surface area contributed by atoms with E-state index in [1.807, 2.05) is 0 Å². The highest BCUT2D eigenvalue weighted by molar-refractivity contribution is 6.07. The molecule has 4 aromatic rings. The number of pyridine rings is 1. The third-order valence-corrected chi connectivity index (χ3v) is 8.19. The number of anilines is 2. The summed E-state index contributed by atoms with van der Waals surface area (Å²) in [5.74, 6) is -3.03. The van der Waals surface area contributed by atoms with Crippen LogP contribution in [0.1, 0.15) is 111 Å². The number of carbonyl (C=O) groups is 5. The standard InChI is InChI=1S/C41H51F3N8O9/c1-39(2,3)60-32(53)24-58-20-12-10-8-7-9-11-18-47-35(55)26-13-15-28(16-14-26)52-22-29(33(50-52)34(45)54)48-36(56)30-23-59-37(49-30)27-17-19-46-31(21-27)51(25-41(42,43)44)38(57)61-40(4,5)6/h13-17,19,21-23H,7-12,18,20,24-25H2,1-6H3,(H2,45,54)(H,47,55)(H,48,56). The van der Waals surface area contributed by atoms with Crippen LogP contribution in [-0.2, 0) is 19.0 Å². The van der Waals surface area contributed by atoms with Gasteiger partial charge in [0.25, 0.3) is 17.7 Å². The van der Waals surface area contributed by atoms with Gasteiger partial charge in [-0.2, -0.15) is 18.3 Å². The fraction of sp³-hybridized carbons (Fsp3) is 0.463. The number of oxazole rings is 1. The number of benzene rings is 1. The minimum atomic E-state index is -4.78. The summed E-state index contributed by atoms with van der Waals surface area (Å²) in [6.45, 7) is 9.17. The first-order valence-corrected chi connectivity index (χ1v) is 19.5. The summed E-state index contributed by atoms with van der Waals surface area (Å²) in [5.41, 5.74) is 4.22. The maximum atomic E-state index is 13.4. The van der Waals surface area contributed by atoms with E-state index in [-0.39, 0.29) is 47.0 Å². The van der Waals surface area contributed by atoms with Gasteiger partial charge in [-0.25, -0.2) is 24.2 Å². The monoisotopic (exact) mass is 856 g/mol. The number of hydrogen-bond donors (Lipinski definition) is 3. The Bertz CT molecular complexity index is 2140. The first-order chi connectivity index (χ1) is 28.6. The van der Waals surface area contributed by atoms with Crippen molar-refractivity contribution in [2.24, 2.45) is 5.73 Å². The molecule has 0 aliphatic carbocycles. The summed E-state index contributed by atoms with van der Waals surface area (Å²) in [6.07, 6.45) is 2.96. The fourth-order valence-electron chi connectivity index (χ4n) is 5.54. The molecule has 0 aliphatic heterocycles. The molecular weight excluding hydrogens is 805 g/mol. The van der Waals surface area contributed by atoms with Gasteiger partial charge in [-0.1, -0.05) is 25.7 Å². The van der Waals surface area contributed by atoms with E-state index in [1.165, 1.54) is 37.7 Å². The second-order valence-electron chi connectivity index (χ2n) is 15.8. The molecule has 4 amide bonds. The minimum Gasteiger partial charge on any atom is -0.458 e. The van der Waals surface area contributed by atoms with Crippen LogP contribution in [-0.4, -0.2) is 93.2 Å². The lowest BCUT2D eigenvalue weighted by Gasteiger charge is -2.27. The number of esters is 1. The number of nitrogens with one attached hydrogen (secondary N) is 2. The van der Waals surface area contributed by atoms with Gasteiger partial charge < -0.3 is 35.0 Å². The number of nitrogens with zero attached hydrogens (tertiary/aromatic N) is 5. The van der Waals surface area contributed by atoms with Gasteiger partial charge in [-0.15, -0.1) is 0 Å². The molecule has 0 saturated heterocycles. The van der Waals surface area contributed by atoms with Crippen molar-refractivity contribution >= 4 is 41.3 Å². The molecule has 4 rings (SSSR count). The number of carbonyl (C=O) groups excluding carboxylic acids is 5. The number of alkyl halides is 3. The summed E-state index contributed by atoms with van der Waals surface area (Å²) in [5, 5.41) is 9.60. The van der Waals surface area contributed by atoms with Crippen LogP contribution in [0.2, 0.25) is 0 Å². The summed E-state index contributed by atoms with van der Waals surface area (Å²) in [6, 6.07) is 8.83. The number of aromatic nitrogens is 4. The number of halogens is 3. The number of hydrogen-bond acceptors (Lipinski definition) is 12. The Morgan fingerprint density at radius 3 is 2.16 bits per heavy atom. The molecule has 3 aromatic heterocycles. The van der Waals surface area contributed by atoms with Crippen molar-refractivity contribution < 1.29 is 55.8 Å². The van der Waals surface area contributed by atoms with Crippen LogP contribution in [0.5, 0.6) is 0 Å². The lowest BCUT2D eigenvalue weighted by Crippen LogP contribution is -2.42. The number of amides is 4. The lowest BCUT2D eigenvalue weighted by molar-refractivity contribution is -0.160. The third-order valence-electron chi connectivity index (χ3n) is 8.19. The van der Waals surface area contributed by atoms with Gasteiger partial charge in [0.2, 0.25) is 5.89 Å². The zero-order chi connectivity index (χ0) is 45.0. The van der Waals surface area contributed by atoms with E-state index in [4.69, 9.17) is 24.4 Å². The highest BCUT2D eigenvalue weighted by atomic mass is 19.4. The number of ether oxygens (including phenoxy) is 3. The van der Waals surface area contributed by atoms with Crippen LogP contribution in [0, 0.1) is 0 Å². The normalized spacial score (nSPS) is 11.8. The highest BCUT2D eigenvalue weighted by Crippen LogP contribution is 2.28. The molecule has 4 N–H and O–H groups in total. The van der Waals surface area contributed by atoms with Gasteiger partial charge in [0, 0.05) is 30.5 Å². The molecule has 0 atom stereocenters. The summed E-state index contributed by atoms with van der Waals surface area (Å²) in [7, 11) is 0. The molecule has 61 heavy (non-hydrogen) atoms. The molecular formula is C41H51F3N8O9. The Kier molecular flexibility index (Phi) is 16.1. The van der Waals surface area contributed by atoms with E-state index < -0.39 is 47.6 Å². The van der Waals surface area contributed by atoms with Crippen molar-refractivity contribution in [2.45, 2.75) is 97.4 Å². The van der Waals surface area contributed by atoms with Crippen molar-refractivity contribution in [2.75, 3.05) is 36.5 Å². The molecule has 20 heteroatoms. The van der Waals surface area contributed by atoms with Crippen LogP contribution in [0.15, 0.2) is 59.5 Å². The van der Waals surface area contributed by atoms with Crippen molar-refractivity contribution in [3.8, 4) is 17.1 Å². The van der Waals surface area contributed by atoms with Crippen LogP contribution in [0.4, 0.5) is 29.5 Å². The van der Waals surface area contributed by atoms with Gasteiger partial charge in [0.05, 0.1) is 17.6 Å². The molecule has 0 spiro atoms. The van der Waals surface area contributed by atoms with Gasteiger partial charge in [-0.05, 0) is 90.8 Å². The van der Waals surface area contributed by atoms with Crippen molar-refractivity contribution in [1.29, 1.82) is 0 Å².